The van der Waals surface area contributed by atoms with E-state index in [9.17, 15) is 4.79 Å². The van der Waals surface area contributed by atoms with Crippen molar-refractivity contribution in [2.75, 3.05) is 13.7 Å². The number of hydrogen-bond donors (Lipinski definition) is 1. The summed E-state index contributed by atoms with van der Waals surface area (Å²) in [4.78, 5) is 13.3. The van der Waals surface area contributed by atoms with E-state index < -0.39 is 0 Å². The van der Waals surface area contributed by atoms with E-state index in [1.807, 2.05) is 54.6 Å². The lowest BCUT2D eigenvalue weighted by molar-refractivity contribution is -0.122. The quantitative estimate of drug-likeness (QED) is 0.710. The van der Waals surface area contributed by atoms with Gasteiger partial charge >= 0.3 is 0 Å². The summed E-state index contributed by atoms with van der Waals surface area (Å²) in [5.74, 6) is 1.02. The first kappa shape index (κ1) is 16.6. The Morgan fingerprint density at radius 1 is 1.16 bits per heavy atom. The van der Waals surface area contributed by atoms with Crippen LogP contribution >= 0.6 is 0 Å². The van der Waals surface area contributed by atoms with Crippen molar-refractivity contribution in [1.82, 2.24) is 25.5 Å². The summed E-state index contributed by atoms with van der Waals surface area (Å²) in [6, 6.07) is 17.4. The van der Waals surface area contributed by atoms with Gasteiger partial charge in [0.05, 0.1) is 7.11 Å². The van der Waals surface area contributed by atoms with Gasteiger partial charge in [0, 0.05) is 12.1 Å². The minimum Gasteiger partial charge on any atom is -0.497 e. The zero-order chi connectivity index (χ0) is 17.5. The molecule has 7 nitrogen and oxygen atoms in total. The number of rotatable bonds is 7. The molecule has 1 heterocycles. The van der Waals surface area contributed by atoms with E-state index in [2.05, 4.69) is 20.7 Å². The lowest BCUT2D eigenvalue weighted by Gasteiger charge is -2.04. The molecule has 0 aliphatic rings. The van der Waals surface area contributed by atoms with Gasteiger partial charge in [0.1, 0.15) is 12.3 Å². The number of amides is 1. The van der Waals surface area contributed by atoms with Gasteiger partial charge in [0.15, 0.2) is 0 Å². The number of nitrogens with one attached hydrogen (secondary N) is 1. The molecule has 0 fully saturated rings. The molecular formula is C18H19N5O2. The Hall–Kier alpha value is -3.22. The fraction of sp³-hybridized carbons (Fsp3) is 0.222. The Balaban J connectivity index is 1.53. The van der Waals surface area contributed by atoms with Gasteiger partial charge in [-0.15, -0.1) is 10.2 Å². The van der Waals surface area contributed by atoms with Crippen molar-refractivity contribution in [3.05, 3.63) is 60.2 Å². The van der Waals surface area contributed by atoms with Crippen molar-refractivity contribution < 1.29 is 9.53 Å². The predicted octanol–water partition coefficient (Wildman–Crippen LogP) is 1.71. The molecule has 0 saturated carbocycles. The summed E-state index contributed by atoms with van der Waals surface area (Å²) in [5, 5.41) is 15.0. The number of carbonyl (C=O) groups is 1. The van der Waals surface area contributed by atoms with Gasteiger partial charge in [-0.2, -0.15) is 4.80 Å². The first-order valence-electron chi connectivity index (χ1n) is 7.97. The Labute approximate surface area is 145 Å². The molecular weight excluding hydrogens is 318 g/mol. The monoisotopic (exact) mass is 337 g/mol. The number of carbonyl (C=O) groups excluding carboxylic acids is 1. The van der Waals surface area contributed by atoms with Crippen molar-refractivity contribution in [2.24, 2.45) is 0 Å². The molecule has 0 radical (unpaired) electrons. The predicted molar refractivity (Wildman–Crippen MR) is 93.0 cm³/mol. The van der Waals surface area contributed by atoms with E-state index in [1.54, 1.807) is 7.11 Å². The van der Waals surface area contributed by atoms with E-state index >= 15 is 0 Å². The van der Waals surface area contributed by atoms with Gasteiger partial charge < -0.3 is 10.1 Å². The second-order valence-corrected chi connectivity index (χ2v) is 5.46. The lowest BCUT2D eigenvalue weighted by Crippen LogP contribution is -2.30. The van der Waals surface area contributed by atoms with E-state index in [1.165, 1.54) is 10.4 Å². The van der Waals surface area contributed by atoms with Crippen molar-refractivity contribution in [3.63, 3.8) is 0 Å². The molecule has 0 unspecified atom stereocenters. The summed E-state index contributed by atoms with van der Waals surface area (Å²) in [7, 11) is 1.60. The molecule has 0 bridgehead atoms. The van der Waals surface area contributed by atoms with E-state index in [4.69, 9.17) is 4.74 Å². The van der Waals surface area contributed by atoms with Crippen LogP contribution in [0, 0.1) is 0 Å². The molecule has 1 aromatic heterocycles. The molecule has 25 heavy (non-hydrogen) atoms. The summed E-state index contributed by atoms with van der Waals surface area (Å²) < 4.78 is 5.18. The number of tetrazole rings is 1. The number of hydrogen-bond acceptors (Lipinski definition) is 5. The average Bonchev–Trinajstić information content (AvgIpc) is 3.11. The van der Waals surface area contributed by atoms with Gasteiger partial charge in [0.2, 0.25) is 11.7 Å². The number of methoxy groups -OCH3 is 1. The fourth-order valence-corrected chi connectivity index (χ4v) is 2.36. The maximum Gasteiger partial charge on any atom is 0.243 e. The Kier molecular flexibility index (Phi) is 5.36. The number of aromatic nitrogens is 4. The van der Waals surface area contributed by atoms with E-state index in [-0.39, 0.29) is 12.5 Å². The SMILES string of the molecule is COc1cccc(-c2nnn(CC(=O)NCCc3ccccc3)n2)c1. The molecule has 0 aliphatic carbocycles. The van der Waals surface area contributed by atoms with Crippen LogP contribution in [0.2, 0.25) is 0 Å². The average molecular weight is 337 g/mol. The van der Waals surface area contributed by atoms with Crippen LogP contribution in [0.3, 0.4) is 0 Å². The van der Waals surface area contributed by atoms with Gasteiger partial charge in [-0.05, 0) is 29.3 Å². The van der Waals surface area contributed by atoms with Gasteiger partial charge in [0.25, 0.3) is 0 Å². The number of ether oxygens (including phenoxy) is 1. The highest BCUT2D eigenvalue weighted by molar-refractivity contribution is 5.75. The Bertz CT molecular complexity index is 832. The summed E-state index contributed by atoms with van der Waals surface area (Å²) in [6.07, 6.45) is 0.784. The third-order valence-corrected chi connectivity index (χ3v) is 3.64. The minimum absolute atomic E-state index is 0.0335. The number of benzene rings is 2. The first-order chi connectivity index (χ1) is 12.2. The summed E-state index contributed by atoms with van der Waals surface area (Å²) in [5.41, 5.74) is 1.97. The molecule has 128 valence electrons. The maximum atomic E-state index is 12.0. The van der Waals surface area contributed by atoms with Crippen molar-refractivity contribution in [3.8, 4) is 17.1 Å². The van der Waals surface area contributed by atoms with Crippen LogP contribution in [0.25, 0.3) is 11.4 Å². The molecule has 3 aromatic rings. The summed E-state index contributed by atoms with van der Waals surface area (Å²) in [6.45, 7) is 0.603. The molecule has 7 heteroatoms. The standard InChI is InChI=1S/C18H19N5O2/c1-25-16-9-5-8-15(12-16)18-20-22-23(21-18)13-17(24)19-11-10-14-6-3-2-4-7-14/h2-9,12H,10-11,13H2,1H3,(H,19,24). The van der Waals surface area contributed by atoms with Gasteiger partial charge in [-0.3, -0.25) is 4.79 Å². The molecule has 0 atom stereocenters. The number of nitrogens with zero attached hydrogens (tertiary/aromatic N) is 4. The highest BCUT2D eigenvalue weighted by atomic mass is 16.5. The molecule has 0 spiro atoms. The van der Waals surface area contributed by atoms with E-state index in [0.29, 0.717) is 18.1 Å². The van der Waals surface area contributed by atoms with Crippen LogP contribution in [-0.4, -0.2) is 39.8 Å². The fourth-order valence-electron chi connectivity index (χ4n) is 2.36. The van der Waals surface area contributed by atoms with Crippen molar-refractivity contribution >= 4 is 5.91 Å². The van der Waals surface area contributed by atoms with Crippen LogP contribution in [0.5, 0.6) is 5.75 Å². The van der Waals surface area contributed by atoms with Crippen molar-refractivity contribution in [2.45, 2.75) is 13.0 Å². The third kappa shape index (κ3) is 4.63. The molecule has 1 amide bonds. The first-order valence-corrected chi connectivity index (χ1v) is 7.97. The van der Waals surface area contributed by atoms with E-state index in [0.717, 1.165) is 12.0 Å². The highest BCUT2D eigenvalue weighted by Crippen LogP contribution is 2.19. The third-order valence-electron chi connectivity index (χ3n) is 3.64. The second kappa shape index (κ2) is 8.05. The van der Waals surface area contributed by atoms with Gasteiger partial charge in [-0.25, -0.2) is 0 Å². The minimum atomic E-state index is -0.148. The van der Waals surface area contributed by atoms with Crippen LogP contribution in [0.4, 0.5) is 0 Å². The zero-order valence-electron chi connectivity index (χ0n) is 13.9. The molecule has 0 saturated heterocycles. The zero-order valence-corrected chi connectivity index (χ0v) is 13.9. The van der Waals surface area contributed by atoms with Crippen molar-refractivity contribution in [1.29, 1.82) is 0 Å². The molecule has 0 aliphatic heterocycles. The van der Waals surface area contributed by atoms with Crippen LogP contribution in [0.1, 0.15) is 5.56 Å². The lowest BCUT2D eigenvalue weighted by atomic mass is 10.1. The van der Waals surface area contributed by atoms with Gasteiger partial charge in [-0.1, -0.05) is 42.5 Å². The molecule has 3 rings (SSSR count). The highest BCUT2D eigenvalue weighted by Gasteiger charge is 2.09. The summed E-state index contributed by atoms with van der Waals surface area (Å²) >= 11 is 0. The molecule has 2 aromatic carbocycles. The Morgan fingerprint density at radius 3 is 2.80 bits per heavy atom. The maximum absolute atomic E-state index is 12.0. The normalized spacial score (nSPS) is 10.4. The second-order valence-electron chi connectivity index (χ2n) is 5.46. The van der Waals surface area contributed by atoms with Crippen LogP contribution in [-0.2, 0) is 17.8 Å². The Morgan fingerprint density at radius 2 is 2.00 bits per heavy atom. The van der Waals surface area contributed by atoms with Crippen LogP contribution < -0.4 is 10.1 Å². The molecule has 1 N–H and O–H groups in total. The van der Waals surface area contributed by atoms with Crippen LogP contribution in [0.15, 0.2) is 54.6 Å². The smallest absolute Gasteiger partial charge is 0.243 e. The largest absolute Gasteiger partial charge is 0.497 e. The topological polar surface area (TPSA) is 81.9 Å².